The van der Waals surface area contributed by atoms with E-state index >= 15 is 0 Å². The van der Waals surface area contributed by atoms with Crippen LogP contribution in [0.1, 0.15) is 29.5 Å². The van der Waals surface area contributed by atoms with Gasteiger partial charge in [0.25, 0.3) is 0 Å². The predicted molar refractivity (Wildman–Crippen MR) is 127 cm³/mol. The van der Waals surface area contributed by atoms with Gasteiger partial charge < -0.3 is 10.6 Å². The predicted octanol–water partition coefficient (Wildman–Crippen LogP) is 2.54. The lowest BCUT2D eigenvalue weighted by Crippen LogP contribution is -2.58. The van der Waals surface area contributed by atoms with Gasteiger partial charge >= 0.3 is 0 Å². The maximum Gasteiger partial charge on any atom is 0.243 e. The number of hydrogen-bond acceptors (Lipinski definition) is 4. The van der Waals surface area contributed by atoms with Crippen LogP contribution in [0.2, 0.25) is 5.02 Å². The summed E-state index contributed by atoms with van der Waals surface area (Å²) >= 11 is 5.88. The molecule has 0 radical (unpaired) electrons. The zero-order chi connectivity index (χ0) is 23.6. The van der Waals surface area contributed by atoms with Gasteiger partial charge in [0.15, 0.2) is 0 Å². The van der Waals surface area contributed by atoms with E-state index in [-0.39, 0.29) is 36.4 Å². The molecule has 2 aromatic rings. The number of carbonyl (C=O) groups excluding carboxylic acids is 2. The summed E-state index contributed by atoms with van der Waals surface area (Å²) < 4.78 is 27.5. The average molecular weight is 488 g/mol. The molecule has 2 aliphatic rings. The van der Waals surface area contributed by atoms with Crippen molar-refractivity contribution in [3.05, 3.63) is 70.8 Å². The molecule has 0 spiro atoms. The highest BCUT2D eigenvalue weighted by atomic mass is 35.5. The molecule has 2 aromatic carbocycles. The van der Waals surface area contributed by atoms with Crippen LogP contribution < -0.4 is 10.6 Å². The molecule has 2 N–H and O–H groups in total. The number of amides is 2. The first-order valence-electron chi connectivity index (χ1n) is 10.9. The standard InChI is InChI=1S/C24H26ClN3O4S/c1-2-16-3-4-18-14-20(8-5-17(18)13-16)27-23(29)15-22-24(30)26-11-12-28(22)33(31,32)21-9-6-19(25)7-10-21/h2-4,6-7,9-10,13,20,22H,1,5,8,11-12,14-15H2,(H,26,30)(H,27,29)/t20-,22?/m1/s1. The molecule has 1 saturated heterocycles. The number of aryl methyl sites for hydroxylation is 1. The third kappa shape index (κ3) is 5.13. The van der Waals surface area contributed by atoms with Crippen LogP contribution in [0.15, 0.2) is 53.9 Å². The average Bonchev–Trinajstić information content (AvgIpc) is 2.80. The Morgan fingerprint density at radius 2 is 1.97 bits per heavy atom. The molecule has 1 fully saturated rings. The number of nitrogens with zero attached hydrogens (tertiary/aromatic N) is 1. The van der Waals surface area contributed by atoms with Gasteiger partial charge in [-0.1, -0.05) is 42.5 Å². The lowest BCUT2D eigenvalue weighted by atomic mass is 9.87. The summed E-state index contributed by atoms with van der Waals surface area (Å²) in [7, 11) is -3.96. The van der Waals surface area contributed by atoms with Crippen molar-refractivity contribution in [1.82, 2.24) is 14.9 Å². The monoisotopic (exact) mass is 487 g/mol. The van der Waals surface area contributed by atoms with Gasteiger partial charge in [0.1, 0.15) is 6.04 Å². The summed E-state index contributed by atoms with van der Waals surface area (Å²) in [6, 6.07) is 10.8. The van der Waals surface area contributed by atoms with E-state index in [1.165, 1.54) is 35.4 Å². The second-order valence-corrected chi connectivity index (χ2v) is 10.6. The SMILES string of the molecule is C=Cc1ccc2c(c1)CC[C@@H](NC(=O)CC1C(=O)NCCN1S(=O)(=O)c1ccc(Cl)cc1)C2. The van der Waals surface area contributed by atoms with Crippen LogP contribution in [0, 0.1) is 0 Å². The summed E-state index contributed by atoms with van der Waals surface area (Å²) in [4.78, 5) is 25.4. The number of carbonyl (C=O) groups is 2. The number of nitrogens with one attached hydrogen (secondary N) is 2. The minimum Gasteiger partial charge on any atom is -0.353 e. The van der Waals surface area contributed by atoms with Crippen molar-refractivity contribution in [1.29, 1.82) is 0 Å². The molecule has 1 heterocycles. The molecule has 1 aliphatic carbocycles. The van der Waals surface area contributed by atoms with E-state index in [0.717, 1.165) is 22.7 Å². The van der Waals surface area contributed by atoms with E-state index in [1.807, 2.05) is 12.1 Å². The molecule has 0 saturated carbocycles. The molecule has 2 atom stereocenters. The Morgan fingerprint density at radius 3 is 2.70 bits per heavy atom. The molecule has 33 heavy (non-hydrogen) atoms. The summed E-state index contributed by atoms with van der Waals surface area (Å²) in [6.07, 6.45) is 3.89. The van der Waals surface area contributed by atoms with Crippen LogP contribution in [0.25, 0.3) is 6.08 Å². The van der Waals surface area contributed by atoms with Gasteiger partial charge in [0.05, 0.1) is 11.3 Å². The van der Waals surface area contributed by atoms with Gasteiger partial charge in [-0.2, -0.15) is 4.31 Å². The number of hydrogen-bond donors (Lipinski definition) is 2. The zero-order valence-electron chi connectivity index (χ0n) is 18.1. The Hall–Kier alpha value is -2.68. The Balaban J connectivity index is 1.45. The van der Waals surface area contributed by atoms with E-state index < -0.39 is 22.0 Å². The molecule has 1 unspecified atom stereocenters. The highest BCUT2D eigenvalue weighted by molar-refractivity contribution is 7.89. The van der Waals surface area contributed by atoms with E-state index in [9.17, 15) is 18.0 Å². The first-order chi connectivity index (χ1) is 15.8. The third-order valence-corrected chi connectivity index (χ3v) is 8.31. The Bertz CT molecular complexity index is 1180. The van der Waals surface area contributed by atoms with Crippen LogP contribution in [-0.2, 0) is 32.5 Å². The zero-order valence-corrected chi connectivity index (χ0v) is 19.7. The summed E-state index contributed by atoms with van der Waals surface area (Å²) in [5, 5.41) is 6.08. The van der Waals surface area contributed by atoms with Crippen molar-refractivity contribution < 1.29 is 18.0 Å². The Labute approximate surface area is 198 Å². The van der Waals surface area contributed by atoms with Crippen LogP contribution in [-0.4, -0.2) is 49.7 Å². The summed E-state index contributed by atoms with van der Waals surface area (Å²) in [5.41, 5.74) is 3.51. The smallest absolute Gasteiger partial charge is 0.243 e. The number of fused-ring (bicyclic) bond motifs is 1. The van der Waals surface area contributed by atoms with E-state index in [2.05, 4.69) is 29.3 Å². The van der Waals surface area contributed by atoms with Crippen LogP contribution in [0.3, 0.4) is 0 Å². The van der Waals surface area contributed by atoms with Gasteiger partial charge in [0.2, 0.25) is 21.8 Å². The van der Waals surface area contributed by atoms with E-state index in [4.69, 9.17) is 11.6 Å². The van der Waals surface area contributed by atoms with E-state index in [0.29, 0.717) is 11.4 Å². The third-order valence-electron chi connectivity index (χ3n) is 6.14. The lowest BCUT2D eigenvalue weighted by Gasteiger charge is -2.34. The fraction of sp³-hybridized carbons (Fsp3) is 0.333. The first-order valence-corrected chi connectivity index (χ1v) is 12.7. The lowest BCUT2D eigenvalue weighted by molar-refractivity contribution is -0.131. The Kier molecular flexibility index (Phi) is 6.88. The first kappa shape index (κ1) is 23.5. The van der Waals surface area contributed by atoms with Crippen molar-refractivity contribution in [3.63, 3.8) is 0 Å². The van der Waals surface area contributed by atoms with E-state index in [1.54, 1.807) is 0 Å². The number of piperazine rings is 1. The minimum absolute atomic E-state index is 0.0368. The normalized spacial score (nSPS) is 21.1. The minimum atomic E-state index is -3.96. The fourth-order valence-corrected chi connectivity index (χ4v) is 6.12. The largest absolute Gasteiger partial charge is 0.353 e. The van der Waals surface area contributed by atoms with Crippen molar-refractivity contribution in [3.8, 4) is 0 Å². The molecule has 0 bridgehead atoms. The highest BCUT2D eigenvalue weighted by Crippen LogP contribution is 2.25. The second-order valence-electron chi connectivity index (χ2n) is 8.32. The second kappa shape index (κ2) is 9.67. The van der Waals surface area contributed by atoms with Crippen LogP contribution in [0.4, 0.5) is 0 Å². The molecule has 9 heteroatoms. The summed E-state index contributed by atoms with van der Waals surface area (Å²) in [5.74, 6) is -0.815. The molecular weight excluding hydrogens is 462 g/mol. The van der Waals surface area contributed by atoms with Crippen LogP contribution >= 0.6 is 11.6 Å². The Morgan fingerprint density at radius 1 is 1.21 bits per heavy atom. The van der Waals surface area contributed by atoms with Crippen LogP contribution in [0.5, 0.6) is 0 Å². The van der Waals surface area contributed by atoms with Crippen molar-refractivity contribution >= 4 is 39.5 Å². The van der Waals surface area contributed by atoms with Gasteiger partial charge in [-0.3, -0.25) is 9.59 Å². The maximum atomic E-state index is 13.2. The maximum absolute atomic E-state index is 13.2. The highest BCUT2D eigenvalue weighted by Gasteiger charge is 2.40. The number of halogens is 1. The summed E-state index contributed by atoms with van der Waals surface area (Å²) in [6.45, 7) is 4.08. The topological polar surface area (TPSA) is 95.6 Å². The van der Waals surface area contributed by atoms with Gasteiger partial charge in [-0.15, -0.1) is 0 Å². The molecule has 2 amide bonds. The molecule has 7 nitrogen and oxygen atoms in total. The number of benzene rings is 2. The van der Waals surface area contributed by atoms with Crippen molar-refractivity contribution in [2.75, 3.05) is 13.1 Å². The molecular formula is C24H26ClN3O4S. The van der Waals surface area contributed by atoms with Crippen molar-refractivity contribution in [2.24, 2.45) is 0 Å². The number of rotatable bonds is 6. The van der Waals surface area contributed by atoms with Gasteiger partial charge in [-0.05, 0) is 60.2 Å². The van der Waals surface area contributed by atoms with Gasteiger partial charge in [-0.25, -0.2) is 8.42 Å². The molecule has 174 valence electrons. The molecule has 0 aromatic heterocycles. The molecule has 1 aliphatic heterocycles. The van der Waals surface area contributed by atoms with Crippen molar-refractivity contribution in [2.45, 2.75) is 42.7 Å². The molecule has 4 rings (SSSR count). The quantitative estimate of drug-likeness (QED) is 0.654. The number of sulfonamides is 1. The van der Waals surface area contributed by atoms with Gasteiger partial charge in [0, 0.05) is 24.2 Å². The fourth-order valence-electron chi connectivity index (χ4n) is 4.41.